The summed E-state index contributed by atoms with van der Waals surface area (Å²) < 4.78 is 78.9. The third-order valence-corrected chi connectivity index (χ3v) is 15.5. The molecule has 0 aliphatic carbocycles. The predicted molar refractivity (Wildman–Crippen MR) is 326 cm³/mol. The van der Waals surface area contributed by atoms with Gasteiger partial charge in [-0.2, -0.15) is 0 Å². The van der Waals surface area contributed by atoms with E-state index in [2.05, 4.69) is 60.7 Å². The third-order valence-electron chi connectivity index (χ3n) is 15.5. The summed E-state index contributed by atoms with van der Waals surface area (Å²) in [5, 5.41) is 0. The van der Waals surface area contributed by atoms with Crippen molar-refractivity contribution in [2.24, 2.45) is 0 Å². The highest BCUT2D eigenvalue weighted by molar-refractivity contribution is 5.47. The summed E-state index contributed by atoms with van der Waals surface area (Å²) in [7, 11) is 1.62. The van der Waals surface area contributed by atoms with E-state index in [0.717, 1.165) is 50.1 Å². The molecule has 11 rings (SSSR count). The number of benzene rings is 9. The molecule has 2 saturated heterocycles. The van der Waals surface area contributed by atoms with Gasteiger partial charge in [-0.25, -0.2) is 0 Å². The summed E-state index contributed by atoms with van der Waals surface area (Å²) in [5.41, 5.74) is 7.50. The Morgan fingerprint density at radius 1 is 0.294 bits per heavy atom. The zero-order valence-electron chi connectivity index (χ0n) is 47.9. The van der Waals surface area contributed by atoms with Gasteiger partial charge < -0.3 is 52.1 Å². The monoisotopic (exact) mass is 1140 g/mol. The first kappa shape index (κ1) is 59.3. The van der Waals surface area contributed by atoms with E-state index >= 15 is 0 Å². The average Bonchev–Trinajstić information content (AvgIpc) is 1.90. The van der Waals surface area contributed by atoms with Gasteiger partial charge in [0.05, 0.1) is 52.9 Å². The van der Waals surface area contributed by atoms with Gasteiger partial charge in [0.1, 0.15) is 54.4 Å². The van der Waals surface area contributed by atoms with Crippen LogP contribution in [0.5, 0.6) is 0 Å². The van der Waals surface area contributed by atoms with E-state index in [1.807, 2.05) is 212 Å². The maximum absolute atomic E-state index is 7.73. The fourth-order valence-corrected chi connectivity index (χ4v) is 11.3. The molecule has 0 N–H and O–H groups in total. The van der Waals surface area contributed by atoms with Crippen molar-refractivity contribution in [3.05, 3.63) is 323 Å². The molecule has 9 aromatic rings. The minimum absolute atomic E-state index is 0.00186. The van der Waals surface area contributed by atoms with Gasteiger partial charge in [-0.3, -0.25) is 0 Å². The molecule has 0 saturated carbocycles. The minimum Gasteiger partial charge on any atom is -0.374 e. The van der Waals surface area contributed by atoms with Gasteiger partial charge in [-0.15, -0.1) is 0 Å². The predicted octanol–water partition coefficient (Wildman–Crippen LogP) is 13.6. The maximum atomic E-state index is 7.73. The van der Waals surface area contributed by atoms with Crippen LogP contribution in [0.15, 0.2) is 273 Å². The number of ether oxygens (including phenoxy) is 11. The summed E-state index contributed by atoms with van der Waals surface area (Å²) in [6.07, 6.45) is -8.90. The second-order valence-corrected chi connectivity index (χ2v) is 21.3. The first-order valence-electron chi connectivity index (χ1n) is 29.3. The summed E-state index contributed by atoms with van der Waals surface area (Å²) in [6.45, 7) is 1.53. The Hall–Kier alpha value is -7.46. The van der Waals surface area contributed by atoms with E-state index in [4.69, 9.17) is 52.1 Å². The lowest BCUT2D eigenvalue weighted by Crippen LogP contribution is -2.66. The zero-order valence-corrected chi connectivity index (χ0v) is 47.9. The Morgan fingerprint density at radius 2 is 0.576 bits per heavy atom. The van der Waals surface area contributed by atoms with Crippen LogP contribution in [0.1, 0.15) is 50.1 Å². The summed E-state index contributed by atoms with van der Waals surface area (Å²) in [6, 6.07) is 91.4. The number of rotatable bonds is 28. The van der Waals surface area contributed by atoms with Gasteiger partial charge in [0.25, 0.3) is 0 Å². The fraction of sp³-hybridized carbons (Fsp3) is 0.270. The Kier molecular flexibility index (Phi) is 21.3. The van der Waals surface area contributed by atoms with Crippen molar-refractivity contribution >= 4 is 0 Å². The molecule has 0 radical (unpaired) electrons. The van der Waals surface area contributed by atoms with Gasteiger partial charge >= 0.3 is 0 Å². The van der Waals surface area contributed by atoms with Crippen LogP contribution >= 0.6 is 0 Å². The molecule has 11 nitrogen and oxygen atoms in total. The normalized spacial score (nSPS) is 22.4. The molecule has 10 atom stereocenters. The van der Waals surface area contributed by atoms with E-state index < -0.39 is 67.0 Å². The Bertz CT molecular complexity index is 3180. The van der Waals surface area contributed by atoms with Crippen molar-refractivity contribution in [1.29, 1.82) is 0 Å². The molecule has 9 aromatic carbocycles. The van der Waals surface area contributed by atoms with Gasteiger partial charge in [0.15, 0.2) is 12.6 Å². The highest BCUT2D eigenvalue weighted by Gasteiger charge is 2.55. The van der Waals surface area contributed by atoms with Crippen LogP contribution in [-0.4, -0.2) is 81.7 Å². The SMILES string of the molecule is CO[C@H]1O[C@H](COCc2ccccc2)[C@@H](OC2O[C@H](COC(c3ccccc3)(c3ccccc3)c3ccccc3)[C@@H](OCc3ccccc3)[C@H](OCc3ccccc3)[C@H]2OCc2ccccc2)[C@H](OCc2ccccc2)[C@H]1OCc1ccccc1. The molecule has 11 heteroatoms. The van der Waals surface area contributed by atoms with Gasteiger partial charge in [-0.1, -0.05) is 273 Å². The number of hydrogen-bond donors (Lipinski definition) is 0. The largest absolute Gasteiger partial charge is 0.374 e. The maximum Gasteiger partial charge on any atom is 0.187 e. The van der Waals surface area contributed by atoms with Crippen molar-refractivity contribution in [2.45, 2.75) is 107 Å². The van der Waals surface area contributed by atoms with Gasteiger partial charge in [0, 0.05) is 7.11 Å². The highest BCUT2D eigenvalue weighted by atomic mass is 16.8. The topological polar surface area (TPSA) is 102 Å². The highest BCUT2D eigenvalue weighted by Crippen LogP contribution is 2.43. The van der Waals surface area contributed by atoms with E-state index in [9.17, 15) is 0 Å². The molecule has 0 bridgehead atoms. The van der Waals surface area contributed by atoms with Gasteiger partial charge in [-0.05, 0) is 50.1 Å². The van der Waals surface area contributed by atoms with E-state index in [0.29, 0.717) is 6.61 Å². The van der Waals surface area contributed by atoms with Crippen LogP contribution in [0, 0.1) is 0 Å². The van der Waals surface area contributed by atoms with Crippen molar-refractivity contribution in [3.63, 3.8) is 0 Å². The minimum atomic E-state index is -1.18. The number of methoxy groups -OCH3 is 1. The second kappa shape index (κ2) is 30.6. The lowest BCUT2D eigenvalue weighted by molar-refractivity contribution is -0.376. The quantitative estimate of drug-likeness (QED) is 0.0438. The van der Waals surface area contributed by atoms with Crippen LogP contribution in [0.3, 0.4) is 0 Å². The van der Waals surface area contributed by atoms with Crippen LogP contribution in [-0.2, 0) is 97.3 Å². The average molecular weight is 1140 g/mol. The third kappa shape index (κ3) is 15.5. The molecule has 1 unspecified atom stereocenters. The molecule has 0 aromatic heterocycles. The Balaban J connectivity index is 1.04. The first-order valence-corrected chi connectivity index (χ1v) is 29.3. The second-order valence-electron chi connectivity index (χ2n) is 21.3. The molecule has 2 heterocycles. The fourth-order valence-electron chi connectivity index (χ4n) is 11.3. The molecule has 85 heavy (non-hydrogen) atoms. The van der Waals surface area contributed by atoms with E-state index in [1.54, 1.807) is 7.11 Å². The van der Waals surface area contributed by atoms with E-state index in [1.165, 1.54) is 0 Å². The van der Waals surface area contributed by atoms with Gasteiger partial charge in [0.2, 0.25) is 0 Å². The van der Waals surface area contributed by atoms with E-state index in [-0.39, 0.29) is 46.2 Å². The Labute approximate surface area is 499 Å². The summed E-state index contributed by atoms with van der Waals surface area (Å²) >= 11 is 0. The van der Waals surface area contributed by atoms with Crippen LogP contribution in [0.4, 0.5) is 0 Å². The zero-order chi connectivity index (χ0) is 57.7. The van der Waals surface area contributed by atoms with Crippen molar-refractivity contribution in [1.82, 2.24) is 0 Å². The van der Waals surface area contributed by atoms with Crippen molar-refractivity contribution in [2.75, 3.05) is 20.3 Å². The molecule has 2 fully saturated rings. The molecule has 2 aliphatic rings. The Morgan fingerprint density at radius 3 is 0.941 bits per heavy atom. The summed E-state index contributed by atoms with van der Waals surface area (Å²) in [4.78, 5) is 0. The van der Waals surface area contributed by atoms with Crippen molar-refractivity contribution < 1.29 is 52.1 Å². The van der Waals surface area contributed by atoms with Crippen LogP contribution in [0.2, 0.25) is 0 Å². The van der Waals surface area contributed by atoms with Crippen molar-refractivity contribution in [3.8, 4) is 0 Å². The molecule has 0 spiro atoms. The molecule has 436 valence electrons. The standard InChI is InChI=1S/C74H74O11/c1-75-72-70(80-51-59-37-19-6-20-38-59)69(79-50-58-35-17-5-18-36-58)67(64(83-72)53-76-47-55-29-11-2-12-30-55)85-73-71(81-52-60-39-21-7-22-40-60)68(78-49-57-33-15-4-16-34-57)66(77-48-56-31-13-3-14-32-56)65(84-73)54-82-74(61-41-23-8-24-42-61,62-43-25-9-26-44-62)63-45-27-10-28-46-63/h2-46,64-73H,47-54H2,1H3/t64-,65-,66-,67-,68+,69+,70-,71-,72+,73?/m1/s1. The first-order chi connectivity index (χ1) is 42.1. The lowest BCUT2D eigenvalue weighted by Gasteiger charge is -2.50. The smallest absolute Gasteiger partial charge is 0.187 e. The molecular formula is C74H74O11. The molecular weight excluding hydrogens is 1060 g/mol. The van der Waals surface area contributed by atoms with Crippen LogP contribution in [0.25, 0.3) is 0 Å². The number of hydrogen-bond acceptors (Lipinski definition) is 11. The molecule has 0 amide bonds. The summed E-state index contributed by atoms with van der Waals surface area (Å²) in [5.74, 6) is 0. The molecule has 2 aliphatic heterocycles. The lowest BCUT2D eigenvalue weighted by atomic mass is 9.80. The van der Waals surface area contributed by atoms with Crippen LogP contribution < -0.4 is 0 Å².